The van der Waals surface area contributed by atoms with Crippen LogP contribution in [0.15, 0.2) is 42.3 Å². The first-order valence-electron chi connectivity index (χ1n) is 9.28. The Hall–Kier alpha value is -2.49. The van der Waals surface area contributed by atoms with Gasteiger partial charge in [-0.1, -0.05) is 12.2 Å². The van der Waals surface area contributed by atoms with Crippen LogP contribution in [0, 0.1) is 0 Å². The van der Waals surface area contributed by atoms with Crippen LogP contribution in [0.5, 0.6) is 0 Å². The fraction of sp³-hybridized carbons (Fsp3) is 0.450. The average molecular weight is 433 g/mol. The second-order valence-corrected chi connectivity index (χ2v) is 7.69. The molecule has 164 valence electrons. The van der Waals surface area contributed by atoms with Crippen LogP contribution in [-0.2, 0) is 12.1 Å². The van der Waals surface area contributed by atoms with Crippen LogP contribution in [-0.4, -0.2) is 33.8 Å². The maximum absolute atomic E-state index is 13.5. The summed E-state index contributed by atoms with van der Waals surface area (Å²) in [4.78, 5) is 1.06. The molecular weight excluding hydrogens is 412 g/mol. The Labute approximate surface area is 169 Å². The van der Waals surface area contributed by atoms with Crippen molar-refractivity contribution >= 4 is 16.6 Å². The van der Waals surface area contributed by atoms with E-state index in [1.165, 1.54) is 42.9 Å². The summed E-state index contributed by atoms with van der Waals surface area (Å²) in [6.07, 6.45) is -4.64. The number of halogens is 6. The van der Waals surface area contributed by atoms with E-state index in [-0.39, 0.29) is 30.8 Å². The van der Waals surface area contributed by atoms with Crippen LogP contribution in [0.2, 0.25) is 0 Å². The van der Waals surface area contributed by atoms with E-state index in [1.807, 2.05) is 0 Å². The molecule has 4 nitrogen and oxygen atoms in total. The van der Waals surface area contributed by atoms with Gasteiger partial charge >= 0.3 is 12.4 Å². The van der Waals surface area contributed by atoms with Gasteiger partial charge in [-0.05, 0) is 38.5 Å². The van der Waals surface area contributed by atoms with E-state index < -0.39 is 30.1 Å². The summed E-state index contributed by atoms with van der Waals surface area (Å²) < 4.78 is 79.1. The van der Waals surface area contributed by atoms with Gasteiger partial charge in [-0.15, -0.1) is 0 Å². The molecule has 0 bridgehead atoms. The van der Waals surface area contributed by atoms with Gasteiger partial charge in [0.2, 0.25) is 0 Å². The number of rotatable bonds is 5. The van der Waals surface area contributed by atoms with Crippen LogP contribution < -0.4 is 4.90 Å². The van der Waals surface area contributed by atoms with Crippen molar-refractivity contribution in [2.24, 2.45) is 0 Å². The van der Waals surface area contributed by atoms with Crippen LogP contribution in [0.1, 0.15) is 32.3 Å². The molecule has 0 saturated heterocycles. The summed E-state index contributed by atoms with van der Waals surface area (Å²) in [5.41, 5.74) is -1.55. The summed E-state index contributed by atoms with van der Waals surface area (Å²) in [5, 5.41) is 15.3. The normalized spacial score (nSPS) is 15.8. The molecule has 0 fully saturated rings. The SMILES string of the molecule is CC(C)(O)c1cc2nn(CCCC(F)(F)F)cc2cc1N1CC=CC=C1C(F)(F)F. The second-order valence-electron chi connectivity index (χ2n) is 7.69. The molecule has 1 aliphatic heterocycles. The van der Waals surface area contributed by atoms with Gasteiger partial charge < -0.3 is 10.0 Å². The average Bonchev–Trinajstić information content (AvgIpc) is 2.99. The second kappa shape index (κ2) is 7.64. The fourth-order valence-corrected chi connectivity index (χ4v) is 3.37. The quantitative estimate of drug-likeness (QED) is 0.640. The van der Waals surface area contributed by atoms with Crippen molar-refractivity contribution in [2.75, 3.05) is 11.4 Å². The molecule has 0 aliphatic carbocycles. The summed E-state index contributed by atoms with van der Waals surface area (Å²) >= 11 is 0. The largest absolute Gasteiger partial charge is 0.431 e. The molecule has 1 aromatic heterocycles. The minimum absolute atomic E-state index is 0.0154. The fourth-order valence-electron chi connectivity index (χ4n) is 3.37. The van der Waals surface area contributed by atoms with Crippen molar-refractivity contribution in [3.05, 3.63) is 47.8 Å². The van der Waals surface area contributed by atoms with E-state index in [9.17, 15) is 31.4 Å². The summed E-state index contributed by atoms with van der Waals surface area (Å²) in [6, 6.07) is 2.96. The van der Waals surface area contributed by atoms with Gasteiger partial charge in [0, 0.05) is 42.3 Å². The number of benzene rings is 1. The molecule has 30 heavy (non-hydrogen) atoms. The van der Waals surface area contributed by atoms with Crippen molar-refractivity contribution in [3.63, 3.8) is 0 Å². The molecular formula is C20H21F6N3O. The van der Waals surface area contributed by atoms with Gasteiger partial charge in [-0.3, -0.25) is 4.68 Å². The number of allylic oxidation sites excluding steroid dienone is 3. The van der Waals surface area contributed by atoms with E-state index in [2.05, 4.69) is 5.10 Å². The Bertz CT molecular complexity index is 979. The predicted molar refractivity (Wildman–Crippen MR) is 101 cm³/mol. The summed E-state index contributed by atoms with van der Waals surface area (Å²) in [6.45, 7) is 2.88. The molecule has 3 rings (SSSR count). The van der Waals surface area contributed by atoms with Gasteiger partial charge in [-0.25, -0.2) is 0 Å². The lowest BCUT2D eigenvalue weighted by molar-refractivity contribution is -0.136. The van der Waals surface area contributed by atoms with E-state index in [0.29, 0.717) is 10.9 Å². The lowest BCUT2D eigenvalue weighted by atomic mass is 9.94. The first-order valence-corrected chi connectivity index (χ1v) is 9.28. The van der Waals surface area contributed by atoms with Crippen molar-refractivity contribution in [1.82, 2.24) is 9.78 Å². The molecule has 0 radical (unpaired) electrons. The molecule has 1 aromatic carbocycles. The number of aromatic nitrogens is 2. The highest BCUT2D eigenvalue weighted by molar-refractivity contribution is 5.85. The van der Waals surface area contributed by atoms with Gasteiger partial charge in [0.25, 0.3) is 0 Å². The first kappa shape index (κ1) is 22.2. The third-order valence-electron chi connectivity index (χ3n) is 4.73. The predicted octanol–water partition coefficient (Wildman–Crippen LogP) is 5.43. The number of hydrogen-bond donors (Lipinski definition) is 1. The molecule has 2 aromatic rings. The number of fused-ring (bicyclic) bond motifs is 1. The Morgan fingerprint density at radius 3 is 2.40 bits per heavy atom. The molecule has 0 spiro atoms. The number of anilines is 1. The number of hydrogen-bond acceptors (Lipinski definition) is 3. The third-order valence-corrected chi connectivity index (χ3v) is 4.73. The Balaban J connectivity index is 2.03. The topological polar surface area (TPSA) is 41.3 Å². The van der Waals surface area contributed by atoms with Crippen LogP contribution in [0.4, 0.5) is 32.0 Å². The number of alkyl halides is 6. The third kappa shape index (κ3) is 4.97. The highest BCUT2D eigenvalue weighted by Gasteiger charge is 2.40. The van der Waals surface area contributed by atoms with E-state index in [1.54, 1.807) is 6.08 Å². The Morgan fingerprint density at radius 1 is 1.10 bits per heavy atom. The van der Waals surface area contributed by atoms with Crippen molar-refractivity contribution in [2.45, 2.75) is 51.2 Å². The molecule has 0 atom stereocenters. The lowest BCUT2D eigenvalue weighted by Crippen LogP contribution is -2.35. The lowest BCUT2D eigenvalue weighted by Gasteiger charge is -2.33. The minimum atomic E-state index is -4.60. The molecule has 1 N–H and O–H groups in total. The molecule has 0 amide bonds. The highest BCUT2D eigenvalue weighted by atomic mass is 19.4. The smallest absolute Gasteiger partial charge is 0.386 e. The molecule has 1 aliphatic rings. The monoisotopic (exact) mass is 433 g/mol. The Kier molecular flexibility index (Phi) is 5.66. The Morgan fingerprint density at radius 2 is 1.80 bits per heavy atom. The number of nitrogens with zero attached hydrogens (tertiary/aromatic N) is 3. The van der Waals surface area contributed by atoms with E-state index in [0.717, 1.165) is 11.0 Å². The van der Waals surface area contributed by atoms with Crippen molar-refractivity contribution in [1.29, 1.82) is 0 Å². The van der Waals surface area contributed by atoms with Crippen molar-refractivity contribution in [3.8, 4) is 0 Å². The summed E-state index contributed by atoms with van der Waals surface area (Å²) in [7, 11) is 0. The summed E-state index contributed by atoms with van der Waals surface area (Å²) in [5.74, 6) is 0. The molecule has 0 saturated carbocycles. The molecule has 0 unspecified atom stereocenters. The zero-order valence-corrected chi connectivity index (χ0v) is 16.3. The van der Waals surface area contributed by atoms with Gasteiger partial charge in [0.15, 0.2) is 0 Å². The maximum Gasteiger partial charge on any atom is 0.431 e. The van der Waals surface area contributed by atoms with Crippen molar-refractivity contribution < 1.29 is 31.4 Å². The van der Waals surface area contributed by atoms with Crippen LogP contribution in [0.3, 0.4) is 0 Å². The van der Waals surface area contributed by atoms with E-state index in [4.69, 9.17) is 0 Å². The van der Waals surface area contributed by atoms with Gasteiger partial charge in [-0.2, -0.15) is 31.4 Å². The maximum atomic E-state index is 13.5. The molecule has 10 heteroatoms. The van der Waals surface area contributed by atoms with Crippen LogP contribution in [0.25, 0.3) is 10.9 Å². The minimum Gasteiger partial charge on any atom is -0.386 e. The van der Waals surface area contributed by atoms with Crippen LogP contribution >= 0.6 is 0 Å². The molecule has 2 heterocycles. The highest BCUT2D eigenvalue weighted by Crippen LogP contribution is 2.40. The number of aryl methyl sites for hydroxylation is 1. The first-order chi connectivity index (χ1) is 13.8. The number of aliphatic hydroxyl groups is 1. The van der Waals surface area contributed by atoms with Gasteiger partial charge in [0.05, 0.1) is 11.1 Å². The standard InChI is InChI=1S/C20H21F6N3O/c1-18(2,30)14-11-15-13(12-28(27-15)8-5-7-19(21,22)23)10-16(14)29-9-4-3-6-17(29)20(24,25)26/h3-4,6,10-12,30H,5,7-9H2,1-2H3. The van der Waals surface area contributed by atoms with E-state index >= 15 is 0 Å². The van der Waals surface area contributed by atoms with Gasteiger partial charge in [0.1, 0.15) is 5.70 Å². The zero-order valence-electron chi connectivity index (χ0n) is 16.3. The zero-order chi connectivity index (χ0) is 22.3.